The van der Waals surface area contributed by atoms with Gasteiger partial charge in [-0.2, -0.15) is 5.10 Å². The van der Waals surface area contributed by atoms with Gasteiger partial charge in [-0.25, -0.2) is 0 Å². The predicted octanol–water partition coefficient (Wildman–Crippen LogP) is 0.0323. The molecule has 1 N–H and O–H groups in total. The number of carbonyl (C=O) groups is 1. The van der Waals surface area contributed by atoms with Crippen molar-refractivity contribution in [1.29, 1.82) is 0 Å². The molecule has 3 rings (SSSR count). The highest BCUT2D eigenvalue weighted by Gasteiger charge is 2.29. The van der Waals surface area contributed by atoms with Crippen molar-refractivity contribution in [3.05, 3.63) is 22.0 Å². The first-order chi connectivity index (χ1) is 12.1. The number of rotatable bonds is 6. The van der Waals surface area contributed by atoms with Gasteiger partial charge in [-0.3, -0.25) is 24.5 Å². The molecule has 3 heterocycles. The Bertz CT molecular complexity index is 607. The highest BCUT2D eigenvalue weighted by molar-refractivity contribution is 5.96. The summed E-state index contributed by atoms with van der Waals surface area (Å²) in [6.07, 6.45) is 2.57. The third kappa shape index (κ3) is 4.53. The van der Waals surface area contributed by atoms with Crippen molar-refractivity contribution in [2.24, 2.45) is 0 Å². The van der Waals surface area contributed by atoms with E-state index in [0.717, 1.165) is 19.3 Å². The Morgan fingerprint density at radius 1 is 1.24 bits per heavy atom. The van der Waals surface area contributed by atoms with Gasteiger partial charge >= 0.3 is 5.69 Å². The van der Waals surface area contributed by atoms with E-state index in [9.17, 15) is 14.9 Å². The number of aromatic nitrogens is 2. The summed E-state index contributed by atoms with van der Waals surface area (Å²) < 4.78 is 12.0. The van der Waals surface area contributed by atoms with Gasteiger partial charge in [-0.05, 0) is 12.8 Å². The van der Waals surface area contributed by atoms with Gasteiger partial charge in [0.1, 0.15) is 6.20 Å². The van der Waals surface area contributed by atoms with Crippen molar-refractivity contribution in [1.82, 2.24) is 20.0 Å². The zero-order valence-corrected chi connectivity index (χ0v) is 14.1. The first-order valence-electron chi connectivity index (χ1n) is 8.54. The average molecular weight is 353 g/mol. The van der Waals surface area contributed by atoms with Gasteiger partial charge in [0.15, 0.2) is 0 Å². The molecule has 0 atom stereocenters. The van der Waals surface area contributed by atoms with Gasteiger partial charge in [-0.15, -0.1) is 0 Å². The van der Waals surface area contributed by atoms with Crippen LogP contribution in [0.15, 0.2) is 6.20 Å². The van der Waals surface area contributed by atoms with E-state index < -0.39 is 10.8 Å². The molecule has 10 heteroatoms. The van der Waals surface area contributed by atoms with Gasteiger partial charge in [-0.1, -0.05) is 0 Å². The van der Waals surface area contributed by atoms with Crippen LogP contribution in [0.2, 0.25) is 0 Å². The van der Waals surface area contributed by atoms with Gasteiger partial charge < -0.3 is 14.8 Å². The lowest BCUT2D eigenvalue weighted by Gasteiger charge is -2.26. The molecule has 2 aliphatic rings. The van der Waals surface area contributed by atoms with Crippen molar-refractivity contribution in [3.8, 4) is 0 Å². The van der Waals surface area contributed by atoms with Gasteiger partial charge in [0.25, 0.3) is 5.91 Å². The highest BCUT2D eigenvalue weighted by atomic mass is 16.6. The second-order valence-corrected chi connectivity index (χ2v) is 6.17. The molecule has 2 fully saturated rings. The Kier molecular flexibility index (Phi) is 5.95. The lowest BCUT2D eigenvalue weighted by molar-refractivity contribution is -0.385. The highest BCUT2D eigenvalue weighted by Crippen LogP contribution is 2.19. The quantitative estimate of drug-likeness (QED) is 0.567. The molecule has 0 spiro atoms. The molecule has 0 unspecified atom stereocenters. The minimum Gasteiger partial charge on any atom is -0.381 e. The Morgan fingerprint density at radius 2 is 1.92 bits per heavy atom. The molecule has 0 aliphatic carbocycles. The SMILES string of the molecule is O=C(NC1CCOCC1)c1c([N+](=O)[O-])cnn1CCN1CCOCC1. The summed E-state index contributed by atoms with van der Waals surface area (Å²) in [6.45, 7) is 5.24. The number of carbonyl (C=O) groups excluding carboxylic acids is 1. The van der Waals surface area contributed by atoms with Crippen molar-refractivity contribution >= 4 is 11.6 Å². The van der Waals surface area contributed by atoms with Crippen molar-refractivity contribution in [2.45, 2.75) is 25.4 Å². The fourth-order valence-electron chi connectivity index (χ4n) is 3.07. The number of amides is 1. The molecule has 2 saturated heterocycles. The lowest BCUT2D eigenvalue weighted by atomic mass is 10.1. The topological polar surface area (TPSA) is 112 Å². The standard InChI is InChI=1S/C15H23N5O5/c21-15(17-12-1-7-24-8-2-12)14-13(20(22)23)11-16-19(14)4-3-18-5-9-25-10-6-18/h11-12H,1-10H2,(H,17,21). The Hall–Kier alpha value is -2.04. The van der Waals surface area contributed by atoms with Gasteiger partial charge in [0.05, 0.1) is 24.7 Å². The normalized spacial score (nSPS) is 19.7. The number of morpholine rings is 1. The van der Waals surface area contributed by atoms with Crippen LogP contribution in [0.4, 0.5) is 5.69 Å². The van der Waals surface area contributed by atoms with E-state index in [4.69, 9.17) is 9.47 Å². The summed E-state index contributed by atoms with van der Waals surface area (Å²) in [5, 5.41) is 18.2. The first-order valence-corrected chi connectivity index (χ1v) is 8.54. The number of nitro groups is 1. The minimum atomic E-state index is -0.558. The second kappa shape index (κ2) is 8.37. The maximum atomic E-state index is 12.6. The number of nitrogens with zero attached hydrogens (tertiary/aromatic N) is 4. The van der Waals surface area contributed by atoms with Crippen molar-refractivity contribution in [2.75, 3.05) is 46.1 Å². The van der Waals surface area contributed by atoms with Crippen LogP contribution in [-0.4, -0.2) is 77.6 Å². The average Bonchev–Trinajstić information content (AvgIpc) is 3.06. The molecule has 138 valence electrons. The van der Waals surface area contributed by atoms with E-state index in [2.05, 4.69) is 15.3 Å². The second-order valence-electron chi connectivity index (χ2n) is 6.17. The van der Waals surface area contributed by atoms with Crippen LogP contribution >= 0.6 is 0 Å². The molecule has 2 aliphatic heterocycles. The predicted molar refractivity (Wildman–Crippen MR) is 87.4 cm³/mol. The molecule has 0 bridgehead atoms. The molecule has 10 nitrogen and oxygen atoms in total. The van der Waals surface area contributed by atoms with Gasteiger partial charge in [0, 0.05) is 38.9 Å². The molecular weight excluding hydrogens is 330 g/mol. The number of hydrogen-bond acceptors (Lipinski definition) is 7. The van der Waals surface area contributed by atoms with Gasteiger partial charge in [0.2, 0.25) is 5.69 Å². The first kappa shape index (κ1) is 17.8. The summed E-state index contributed by atoms with van der Waals surface area (Å²) in [7, 11) is 0. The third-order valence-corrected chi connectivity index (χ3v) is 4.52. The molecular formula is C15H23N5O5. The van der Waals surface area contributed by atoms with E-state index >= 15 is 0 Å². The molecule has 0 saturated carbocycles. The molecule has 0 radical (unpaired) electrons. The summed E-state index contributed by atoms with van der Waals surface area (Å²) in [4.78, 5) is 25.5. The van der Waals surface area contributed by atoms with Crippen LogP contribution < -0.4 is 5.32 Å². The molecule has 1 aromatic heterocycles. The summed E-state index contributed by atoms with van der Waals surface area (Å²) in [5.41, 5.74) is -0.240. The summed E-state index contributed by atoms with van der Waals surface area (Å²) in [6, 6.07) is -0.0246. The number of ether oxygens (including phenoxy) is 2. The maximum Gasteiger partial charge on any atom is 0.320 e. The Labute approximate surface area is 145 Å². The third-order valence-electron chi connectivity index (χ3n) is 4.52. The summed E-state index contributed by atoms with van der Waals surface area (Å²) in [5.74, 6) is -0.446. The number of hydrogen-bond donors (Lipinski definition) is 1. The molecule has 1 aromatic rings. The van der Waals surface area contributed by atoms with E-state index in [1.54, 1.807) is 0 Å². The van der Waals surface area contributed by atoms with Crippen LogP contribution in [0.5, 0.6) is 0 Å². The fourth-order valence-corrected chi connectivity index (χ4v) is 3.07. The monoisotopic (exact) mass is 353 g/mol. The largest absolute Gasteiger partial charge is 0.381 e. The smallest absolute Gasteiger partial charge is 0.320 e. The van der Waals surface area contributed by atoms with Crippen molar-refractivity contribution < 1.29 is 19.2 Å². The van der Waals surface area contributed by atoms with E-state index in [0.29, 0.717) is 52.4 Å². The van der Waals surface area contributed by atoms with Crippen LogP contribution in [-0.2, 0) is 16.0 Å². The van der Waals surface area contributed by atoms with E-state index in [-0.39, 0.29) is 17.4 Å². The Morgan fingerprint density at radius 3 is 2.60 bits per heavy atom. The zero-order valence-electron chi connectivity index (χ0n) is 14.1. The van der Waals surface area contributed by atoms with Crippen LogP contribution in [0.3, 0.4) is 0 Å². The zero-order chi connectivity index (χ0) is 17.6. The van der Waals surface area contributed by atoms with E-state index in [1.165, 1.54) is 4.68 Å². The van der Waals surface area contributed by atoms with E-state index in [1.807, 2.05) is 0 Å². The molecule has 0 aromatic carbocycles. The minimum absolute atomic E-state index is 0.0183. The summed E-state index contributed by atoms with van der Waals surface area (Å²) >= 11 is 0. The van der Waals surface area contributed by atoms with Crippen LogP contribution in [0, 0.1) is 10.1 Å². The maximum absolute atomic E-state index is 12.6. The Balaban J connectivity index is 1.69. The lowest BCUT2D eigenvalue weighted by Crippen LogP contribution is -2.41. The molecule has 1 amide bonds. The van der Waals surface area contributed by atoms with Crippen molar-refractivity contribution in [3.63, 3.8) is 0 Å². The van der Waals surface area contributed by atoms with Crippen LogP contribution in [0.25, 0.3) is 0 Å². The van der Waals surface area contributed by atoms with Crippen LogP contribution in [0.1, 0.15) is 23.3 Å². The fraction of sp³-hybridized carbons (Fsp3) is 0.733. The molecule has 25 heavy (non-hydrogen) atoms. The number of nitrogens with one attached hydrogen (secondary N) is 1.